The highest BCUT2D eigenvalue weighted by Gasteiger charge is 2.18. The number of rotatable bonds is 4. The maximum Gasteiger partial charge on any atom is 0.246 e. The van der Waals surface area contributed by atoms with Crippen molar-refractivity contribution < 1.29 is 17.2 Å². The molecular formula is C12H10F2N2O3S. The molecule has 5 nitrogen and oxygen atoms in total. The summed E-state index contributed by atoms with van der Waals surface area (Å²) in [4.78, 5) is 13.4. The van der Waals surface area contributed by atoms with Gasteiger partial charge in [-0.25, -0.2) is 21.9 Å². The first-order valence-electron chi connectivity index (χ1n) is 5.51. The van der Waals surface area contributed by atoms with Crippen LogP contribution in [0.15, 0.2) is 46.3 Å². The van der Waals surface area contributed by atoms with Gasteiger partial charge in [0.15, 0.2) is 0 Å². The number of sulfonamides is 1. The van der Waals surface area contributed by atoms with E-state index in [-0.39, 0.29) is 5.56 Å². The van der Waals surface area contributed by atoms with Crippen molar-refractivity contribution in [1.29, 1.82) is 0 Å². The lowest BCUT2D eigenvalue weighted by Gasteiger charge is -2.07. The lowest BCUT2D eigenvalue weighted by molar-refractivity contribution is 0.566. The van der Waals surface area contributed by atoms with Gasteiger partial charge < -0.3 is 4.98 Å². The van der Waals surface area contributed by atoms with Gasteiger partial charge in [-0.2, -0.15) is 0 Å². The molecule has 2 rings (SSSR count). The predicted octanol–water partition coefficient (Wildman–Crippen LogP) is 1.13. The van der Waals surface area contributed by atoms with Crippen LogP contribution in [0.4, 0.5) is 8.78 Å². The minimum atomic E-state index is -4.10. The van der Waals surface area contributed by atoms with Crippen LogP contribution in [0.1, 0.15) is 5.56 Å². The molecule has 0 fully saturated rings. The van der Waals surface area contributed by atoms with Gasteiger partial charge in [0, 0.05) is 30.6 Å². The summed E-state index contributed by atoms with van der Waals surface area (Å²) in [5.74, 6) is -1.42. The zero-order chi connectivity index (χ0) is 14.8. The minimum absolute atomic E-state index is 0.152. The van der Waals surface area contributed by atoms with Crippen LogP contribution in [0.2, 0.25) is 0 Å². The third kappa shape index (κ3) is 3.09. The Balaban J connectivity index is 2.24. The highest BCUT2D eigenvalue weighted by Crippen LogP contribution is 2.10. The van der Waals surface area contributed by atoms with Crippen molar-refractivity contribution in [2.75, 3.05) is 0 Å². The molecule has 1 aromatic carbocycles. The van der Waals surface area contributed by atoms with Gasteiger partial charge in [-0.05, 0) is 18.2 Å². The van der Waals surface area contributed by atoms with Crippen molar-refractivity contribution in [3.63, 3.8) is 0 Å². The molecule has 1 aromatic heterocycles. The number of benzene rings is 1. The fraction of sp³-hybridized carbons (Fsp3) is 0.0833. The largest absolute Gasteiger partial charge is 0.366 e. The molecule has 0 aliphatic heterocycles. The number of pyridine rings is 1. The molecule has 0 bridgehead atoms. The Morgan fingerprint density at radius 3 is 2.65 bits per heavy atom. The predicted molar refractivity (Wildman–Crippen MR) is 67.4 cm³/mol. The number of H-pyrrole nitrogens is 1. The van der Waals surface area contributed by atoms with Crippen LogP contribution in [0.25, 0.3) is 0 Å². The minimum Gasteiger partial charge on any atom is -0.366 e. The van der Waals surface area contributed by atoms with E-state index in [1.54, 1.807) is 0 Å². The van der Waals surface area contributed by atoms with Crippen molar-refractivity contribution in [2.24, 2.45) is 0 Å². The summed E-state index contributed by atoms with van der Waals surface area (Å²) in [6.45, 7) is -0.458. The van der Waals surface area contributed by atoms with E-state index >= 15 is 0 Å². The Kier molecular flexibility index (Phi) is 3.96. The number of aromatic nitrogens is 1. The molecular weight excluding hydrogens is 290 g/mol. The normalized spacial score (nSPS) is 11.5. The van der Waals surface area contributed by atoms with Crippen molar-refractivity contribution in [3.05, 3.63) is 64.1 Å². The van der Waals surface area contributed by atoms with Crippen LogP contribution >= 0.6 is 0 Å². The van der Waals surface area contributed by atoms with E-state index in [2.05, 4.69) is 4.98 Å². The summed E-state index contributed by atoms with van der Waals surface area (Å²) in [5, 5.41) is 0. The SMILES string of the molecule is O=c1cc[nH]cc1S(=O)(=O)NCc1cc(F)ccc1F. The van der Waals surface area contributed by atoms with E-state index in [9.17, 15) is 22.0 Å². The van der Waals surface area contributed by atoms with Gasteiger partial charge in [-0.15, -0.1) is 0 Å². The Morgan fingerprint density at radius 2 is 1.95 bits per heavy atom. The highest BCUT2D eigenvalue weighted by molar-refractivity contribution is 7.89. The molecule has 20 heavy (non-hydrogen) atoms. The highest BCUT2D eigenvalue weighted by atomic mass is 32.2. The van der Waals surface area contributed by atoms with Gasteiger partial charge in [0.25, 0.3) is 0 Å². The number of hydrogen-bond acceptors (Lipinski definition) is 3. The van der Waals surface area contributed by atoms with Gasteiger partial charge in [-0.1, -0.05) is 0 Å². The monoisotopic (exact) mass is 300 g/mol. The van der Waals surface area contributed by atoms with Crippen LogP contribution in [-0.2, 0) is 16.6 Å². The van der Waals surface area contributed by atoms with Crippen LogP contribution in [0.3, 0.4) is 0 Å². The van der Waals surface area contributed by atoms with E-state index in [1.807, 2.05) is 4.72 Å². The third-order valence-electron chi connectivity index (χ3n) is 2.54. The van der Waals surface area contributed by atoms with E-state index in [0.29, 0.717) is 0 Å². The Bertz CT molecular complexity index is 787. The quantitative estimate of drug-likeness (QED) is 0.888. The molecule has 0 aliphatic rings. The third-order valence-corrected chi connectivity index (χ3v) is 3.96. The van der Waals surface area contributed by atoms with Gasteiger partial charge in [0.1, 0.15) is 16.5 Å². The zero-order valence-electron chi connectivity index (χ0n) is 10.1. The Hall–Kier alpha value is -2.06. The van der Waals surface area contributed by atoms with E-state index in [1.165, 1.54) is 6.20 Å². The molecule has 0 saturated heterocycles. The first-order valence-corrected chi connectivity index (χ1v) is 6.99. The Labute approximate surface area is 113 Å². The standard InChI is InChI=1S/C12H10F2N2O3S/c13-9-1-2-10(14)8(5-9)6-16-20(18,19)12-7-15-4-3-11(12)17/h1-5,7,16H,6H2,(H,15,17). The first kappa shape index (κ1) is 14.4. The molecule has 2 aromatic rings. The molecule has 0 atom stereocenters. The van der Waals surface area contributed by atoms with Gasteiger partial charge in [-0.3, -0.25) is 4.79 Å². The molecule has 0 spiro atoms. The molecule has 2 N–H and O–H groups in total. The first-order chi connectivity index (χ1) is 9.40. The summed E-state index contributed by atoms with van der Waals surface area (Å²) in [6, 6.07) is 3.76. The summed E-state index contributed by atoms with van der Waals surface area (Å²) < 4.78 is 52.1. The number of nitrogens with one attached hydrogen (secondary N) is 2. The van der Waals surface area contributed by atoms with Gasteiger partial charge in [0.05, 0.1) is 0 Å². The van der Waals surface area contributed by atoms with E-state index < -0.39 is 38.5 Å². The van der Waals surface area contributed by atoms with Crippen LogP contribution in [-0.4, -0.2) is 13.4 Å². The maximum absolute atomic E-state index is 13.4. The van der Waals surface area contributed by atoms with Crippen molar-refractivity contribution in [1.82, 2.24) is 9.71 Å². The molecule has 0 aliphatic carbocycles. The topological polar surface area (TPSA) is 79.0 Å². The molecule has 8 heteroatoms. The maximum atomic E-state index is 13.4. The zero-order valence-corrected chi connectivity index (χ0v) is 10.9. The second-order valence-corrected chi connectivity index (χ2v) is 5.67. The molecule has 1 heterocycles. The van der Waals surface area contributed by atoms with Crippen LogP contribution in [0.5, 0.6) is 0 Å². The Morgan fingerprint density at radius 1 is 1.20 bits per heavy atom. The average Bonchev–Trinajstić information content (AvgIpc) is 2.40. The lowest BCUT2D eigenvalue weighted by atomic mass is 10.2. The lowest BCUT2D eigenvalue weighted by Crippen LogP contribution is -2.28. The molecule has 106 valence electrons. The molecule has 0 saturated carbocycles. The van der Waals surface area contributed by atoms with E-state index in [4.69, 9.17) is 0 Å². The average molecular weight is 300 g/mol. The molecule has 0 radical (unpaired) electrons. The van der Waals surface area contributed by atoms with Crippen LogP contribution < -0.4 is 10.2 Å². The van der Waals surface area contributed by atoms with Gasteiger partial charge >= 0.3 is 0 Å². The fourth-order valence-electron chi connectivity index (χ4n) is 1.54. The number of halogens is 2. The second kappa shape index (κ2) is 5.51. The van der Waals surface area contributed by atoms with Gasteiger partial charge in [0.2, 0.25) is 15.5 Å². The summed E-state index contributed by atoms with van der Waals surface area (Å²) in [7, 11) is -4.10. The number of hydrogen-bond donors (Lipinski definition) is 2. The number of aromatic amines is 1. The summed E-state index contributed by atoms with van der Waals surface area (Å²) >= 11 is 0. The van der Waals surface area contributed by atoms with Crippen molar-refractivity contribution in [3.8, 4) is 0 Å². The summed E-state index contributed by atoms with van der Waals surface area (Å²) in [6.07, 6.45) is 2.31. The van der Waals surface area contributed by atoms with Crippen molar-refractivity contribution >= 4 is 10.0 Å². The molecule has 0 unspecified atom stereocenters. The smallest absolute Gasteiger partial charge is 0.246 e. The van der Waals surface area contributed by atoms with Crippen LogP contribution in [0, 0.1) is 11.6 Å². The fourth-order valence-corrected chi connectivity index (χ4v) is 2.60. The van der Waals surface area contributed by atoms with E-state index in [0.717, 1.165) is 30.5 Å². The molecule has 0 amide bonds. The second-order valence-electron chi connectivity index (χ2n) is 3.93. The van der Waals surface area contributed by atoms with Crippen molar-refractivity contribution in [2.45, 2.75) is 11.4 Å². The summed E-state index contributed by atoms with van der Waals surface area (Å²) in [5.41, 5.74) is -0.850.